The number of nitrogens with zero attached hydrogens (tertiary/aromatic N) is 2. The summed E-state index contributed by atoms with van der Waals surface area (Å²) >= 11 is 5.92. The molecule has 0 spiro atoms. The summed E-state index contributed by atoms with van der Waals surface area (Å²) in [7, 11) is 0. The van der Waals surface area contributed by atoms with Gasteiger partial charge < -0.3 is 9.84 Å². The van der Waals surface area contributed by atoms with Crippen LogP contribution >= 0.6 is 11.6 Å². The van der Waals surface area contributed by atoms with Gasteiger partial charge in [-0.1, -0.05) is 0 Å². The first-order valence-electron chi connectivity index (χ1n) is 6.52. The van der Waals surface area contributed by atoms with Crippen molar-refractivity contribution >= 4 is 36.0 Å². The van der Waals surface area contributed by atoms with Crippen LogP contribution in [0.4, 0.5) is 4.79 Å². The van der Waals surface area contributed by atoms with E-state index in [1.54, 1.807) is 27.7 Å². The number of alkyl halides is 1. The van der Waals surface area contributed by atoms with Crippen molar-refractivity contribution in [1.29, 1.82) is 0 Å². The summed E-state index contributed by atoms with van der Waals surface area (Å²) in [6.45, 7) is 10.2. The number of carboxylic acid groups (broad SMARTS) is 1. The molecule has 0 radical (unpaired) electrons. The number of ether oxygens (including phenoxy) is 1. The van der Waals surface area contributed by atoms with Crippen molar-refractivity contribution in [1.82, 2.24) is 4.57 Å². The standard InChI is InChI=1S/C15H19ClN2O4/c1-9-8-18(14(21)22-15(2,3)4)11(6-16)12(9)10(7-17-5)13(19)20/h7-8H,5-6H2,1-4H3,(H,19,20)/b10-7+. The Labute approximate surface area is 134 Å². The first-order valence-corrected chi connectivity index (χ1v) is 7.05. The molecule has 6 nitrogen and oxygen atoms in total. The zero-order valence-corrected chi connectivity index (χ0v) is 13.8. The van der Waals surface area contributed by atoms with Crippen molar-refractivity contribution in [2.45, 2.75) is 39.2 Å². The monoisotopic (exact) mass is 326 g/mol. The number of aliphatic imine (C=N–C) groups is 1. The van der Waals surface area contributed by atoms with Crippen molar-refractivity contribution in [2.75, 3.05) is 0 Å². The van der Waals surface area contributed by atoms with Gasteiger partial charge in [-0.15, -0.1) is 11.6 Å². The molecule has 0 aliphatic rings. The quantitative estimate of drug-likeness (QED) is 0.522. The average Bonchev–Trinajstić information content (AvgIpc) is 2.70. The highest BCUT2D eigenvalue weighted by atomic mass is 35.5. The smallest absolute Gasteiger partial charge is 0.418 e. The SMILES string of the molecule is C=N/C=C(/C(=O)O)c1c(C)cn(C(=O)OC(C)(C)C)c1CCl. The van der Waals surface area contributed by atoms with E-state index in [1.165, 1.54) is 10.8 Å². The van der Waals surface area contributed by atoms with Crippen molar-refractivity contribution in [3.8, 4) is 0 Å². The molecule has 1 rings (SSSR count). The third-order valence-corrected chi connectivity index (χ3v) is 2.99. The second-order valence-corrected chi connectivity index (χ2v) is 5.92. The van der Waals surface area contributed by atoms with E-state index in [-0.39, 0.29) is 11.5 Å². The van der Waals surface area contributed by atoms with Crippen LogP contribution in [0.25, 0.3) is 5.57 Å². The Bertz CT molecular complexity index is 639. The van der Waals surface area contributed by atoms with E-state index >= 15 is 0 Å². The van der Waals surface area contributed by atoms with Crippen LogP contribution < -0.4 is 0 Å². The van der Waals surface area contributed by atoms with Crippen LogP contribution in [0.15, 0.2) is 17.4 Å². The van der Waals surface area contributed by atoms with Gasteiger partial charge in [0.1, 0.15) is 5.60 Å². The third kappa shape index (κ3) is 3.98. The highest BCUT2D eigenvalue weighted by Crippen LogP contribution is 2.28. The molecule has 0 fully saturated rings. The minimum Gasteiger partial charge on any atom is -0.478 e. The zero-order valence-electron chi connectivity index (χ0n) is 13.0. The molecule has 0 unspecified atom stereocenters. The number of aliphatic carboxylic acids is 1. The molecule has 1 aromatic heterocycles. The first-order chi connectivity index (χ1) is 10.1. The maximum absolute atomic E-state index is 12.2. The fourth-order valence-corrected chi connectivity index (χ4v) is 2.24. The fourth-order valence-electron chi connectivity index (χ4n) is 1.98. The van der Waals surface area contributed by atoms with Gasteiger partial charge in [0, 0.05) is 18.0 Å². The second kappa shape index (κ2) is 6.79. The predicted molar refractivity (Wildman–Crippen MR) is 85.5 cm³/mol. The molecule has 0 aromatic carbocycles. The number of halogens is 1. The molecule has 1 N–H and O–H groups in total. The lowest BCUT2D eigenvalue weighted by atomic mass is 10.0. The van der Waals surface area contributed by atoms with E-state index in [0.29, 0.717) is 16.8 Å². The van der Waals surface area contributed by atoms with Gasteiger partial charge in [-0.05, 0) is 40.0 Å². The number of hydrogen-bond donors (Lipinski definition) is 1. The lowest BCUT2D eigenvalue weighted by Crippen LogP contribution is -2.27. The van der Waals surface area contributed by atoms with Gasteiger partial charge in [0.05, 0.1) is 17.1 Å². The van der Waals surface area contributed by atoms with Gasteiger partial charge in [0.2, 0.25) is 0 Å². The molecule has 0 atom stereocenters. The molecular weight excluding hydrogens is 308 g/mol. The van der Waals surface area contributed by atoms with E-state index in [2.05, 4.69) is 11.7 Å². The number of hydrogen-bond acceptors (Lipinski definition) is 4. The van der Waals surface area contributed by atoms with Crippen molar-refractivity contribution in [3.05, 3.63) is 29.2 Å². The third-order valence-electron chi connectivity index (χ3n) is 2.73. The van der Waals surface area contributed by atoms with Crippen molar-refractivity contribution in [3.63, 3.8) is 0 Å². The Hall–Kier alpha value is -2.08. The lowest BCUT2D eigenvalue weighted by molar-refractivity contribution is -0.130. The van der Waals surface area contributed by atoms with Gasteiger partial charge >= 0.3 is 12.1 Å². The molecule has 22 heavy (non-hydrogen) atoms. The molecule has 0 bridgehead atoms. The minimum absolute atomic E-state index is 0.0514. The van der Waals surface area contributed by atoms with Gasteiger partial charge in [0.25, 0.3) is 0 Å². The zero-order chi connectivity index (χ0) is 17.1. The number of aryl methyl sites for hydroxylation is 1. The molecule has 1 heterocycles. The van der Waals surface area contributed by atoms with Crippen LogP contribution in [0.2, 0.25) is 0 Å². The van der Waals surface area contributed by atoms with E-state index in [0.717, 1.165) is 6.20 Å². The van der Waals surface area contributed by atoms with E-state index < -0.39 is 17.7 Å². The van der Waals surface area contributed by atoms with Gasteiger partial charge in [-0.3, -0.25) is 9.56 Å². The summed E-state index contributed by atoms with van der Waals surface area (Å²) in [5.74, 6) is -1.23. The summed E-state index contributed by atoms with van der Waals surface area (Å²) in [5.41, 5.74) is 0.517. The topological polar surface area (TPSA) is 80.9 Å². The van der Waals surface area contributed by atoms with Crippen LogP contribution in [0.3, 0.4) is 0 Å². The summed E-state index contributed by atoms with van der Waals surface area (Å²) in [6.07, 6.45) is 2.01. The molecule has 0 aliphatic carbocycles. The maximum Gasteiger partial charge on any atom is 0.418 e. The molecule has 1 aromatic rings. The Kier molecular flexibility index (Phi) is 5.54. The minimum atomic E-state index is -1.18. The molecule has 0 saturated carbocycles. The van der Waals surface area contributed by atoms with Gasteiger partial charge in [0.15, 0.2) is 0 Å². The first kappa shape index (κ1) is 18.0. The molecular formula is C15H19ClN2O4. The number of carbonyl (C=O) groups is 2. The van der Waals surface area contributed by atoms with Gasteiger partial charge in [-0.25, -0.2) is 9.59 Å². The Morgan fingerprint density at radius 2 is 2.09 bits per heavy atom. The molecule has 0 saturated heterocycles. The highest BCUT2D eigenvalue weighted by Gasteiger charge is 2.26. The summed E-state index contributed by atoms with van der Waals surface area (Å²) in [4.78, 5) is 27.1. The van der Waals surface area contributed by atoms with Crippen LogP contribution in [-0.2, 0) is 15.4 Å². The highest BCUT2D eigenvalue weighted by molar-refractivity contribution is 6.20. The summed E-state index contributed by atoms with van der Waals surface area (Å²) in [6, 6.07) is 0. The molecule has 0 aliphatic heterocycles. The van der Waals surface area contributed by atoms with Crippen molar-refractivity contribution in [2.24, 2.45) is 4.99 Å². The number of carbonyl (C=O) groups excluding carboxylic acids is 1. The number of rotatable bonds is 4. The molecule has 120 valence electrons. The lowest BCUT2D eigenvalue weighted by Gasteiger charge is -2.20. The van der Waals surface area contributed by atoms with E-state index in [1.807, 2.05) is 0 Å². The molecule has 0 amide bonds. The number of aromatic nitrogens is 1. The van der Waals surface area contributed by atoms with Crippen LogP contribution in [0, 0.1) is 6.92 Å². The van der Waals surface area contributed by atoms with Gasteiger partial charge in [-0.2, -0.15) is 0 Å². The van der Waals surface area contributed by atoms with E-state index in [9.17, 15) is 14.7 Å². The fraction of sp³-hybridized carbons (Fsp3) is 0.400. The number of carboxylic acids is 1. The second-order valence-electron chi connectivity index (χ2n) is 5.65. The van der Waals surface area contributed by atoms with Crippen LogP contribution in [0.5, 0.6) is 0 Å². The maximum atomic E-state index is 12.2. The van der Waals surface area contributed by atoms with E-state index in [4.69, 9.17) is 16.3 Å². The predicted octanol–water partition coefficient (Wildman–Crippen LogP) is 3.44. The van der Waals surface area contributed by atoms with Crippen LogP contribution in [-0.4, -0.2) is 34.1 Å². The Balaban J connectivity index is 3.45. The van der Waals surface area contributed by atoms with Crippen molar-refractivity contribution < 1.29 is 19.4 Å². The van der Waals surface area contributed by atoms with Crippen LogP contribution in [0.1, 0.15) is 37.6 Å². The molecule has 7 heteroatoms. The summed E-state index contributed by atoms with van der Waals surface area (Å²) in [5, 5.41) is 9.31. The summed E-state index contributed by atoms with van der Waals surface area (Å²) < 4.78 is 6.52. The Morgan fingerprint density at radius 1 is 1.50 bits per heavy atom. The largest absolute Gasteiger partial charge is 0.478 e. The Morgan fingerprint density at radius 3 is 2.50 bits per heavy atom. The normalized spacial score (nSPS) is 12.1. The average molecular weight is 327 g/mol.